The van der Waals surface area contributed by atoms with Crippen molar-refractivity contribution in [1.82, 2.24) is 4.98 Å². The van der Waals surface area contributed by atoms with Crippen molar-refractivity contribution >= 4 is 29.2 Å². The highest BCUT2D eigenvalue weighted by molar-refractivity contribution is 7.98. The molecule has 0 atom stereocenters. The highest BCUT2D eigenvalue weighted by atomic mass is 35.5. The summed E-state index contributed by atoms with van der Waals surface area (Å²) in [5.74, 6) is 6.87. The van der Waals surface area contributed by atoms with Gasteiger partial charge in [-0.15, -0.1) is 11.8 Å². The minimum atomic E-state index is 0.672. The molecule has 5 heteroatoms. The SMILES string of the molecule is NNc1cc(SCc2ccc(Cl)cc2)ccn1. The lowest BCUT2D eigenvalue weighted by atomic mass is 10.2. The lowest BCUT2D eigenvalue weighted by Gasteiger charge is -2.04. The van der Waals surface area contributed by atoms with Crippen molar-refractivity contribution in [3.05, 3.63) is 53.2 Å². The van der Waals surface area contributed by atoms with Gasteiger partial charge in [0.25, 0.3) is 0 Å². The minimum absolute atomic E-state index is 0.672. The average Bonchev–Trinajstić information content (AvgIpc) is 2.38. The van der Waals surface area contributed by atoms with Crippen LogP contribution in [0.15, 0.2) is 47.5 Å². The van der Waals surface area contributed by atoms with E-state index in [-0.39, 0.29) is 0 Å². The molecule has 3 nitrogen and oxygen atoms in total. The molecule has 0 spiro atoms. The van der Waals surface area contributed by atoms with Crippen LogP contribution < -0.4 is 11.3 Å². The third-order valence-electron chi connectivity index (χ3n) is 2.20. The lowest BCUT2D eigenvalue weighted by Crippen LogP contribution is -2.07. The van der Waals surface area contributed by atoms with Crippen LogP contribution in [0, 0.1) is 0 Å². The van der Waals surface area contributed by atoms with Crippen molar-refractivity contribution < 1.29 is 0 Å². The fourth-order valence-corrected chi connectivity index (χ4v) is 2.33. The first kappa shape index (κ1) is 12.2. The van der Waals surface area contributed by atoms with Crippen molar-refractivity contribution in [3.8, 4) is 0 Å². The molecule has 1 aromatic carbocycles. The zero-order chi connectivity index (χ0) is 12.1. The molecule has 1 heterocycles. The Hall–Kier alpha value is -1.23. The van der Waals surface area contributed by atoms with Crippen LogP contribution in [0.25, 0.3) is 0 Å². The molecule has 0 radical (unpaired) electrons. The van der Waals surface area contributed by atoms with Crippen LogP contribution in [0.5, 0.6) is 0 Å². The third kappa shape index (κ3) is 3.63. The summed E-state index contributed by atoms with van der Waals surface area (Å²) in [6.07, 6.45) is 1.74. The topological polar surface area (TPSA) is 50.9 Å². The summed E-state index contributed by atoms with van der Waals surface area (Å²) in [6.45, 7) is 0. The van der Waals surface area contributed by atoms with Crippen LogP contribution in [0.3, 0.4) is 0 Å². The van der Waals surface area contributed by atoms with E-state index in [1.807, 2.05) is 36.4 Å². The summed E-state index contributed by atoms with van der Waals surface area (Å²) in [7, 11) is 0. The first-order valence-electron chi connectivity index (χ1n) is 5.08. The zero-order valence-electron chi connectivity index (χ0n) is 9.06. The van der Waals surface area contributed by atoms with Crippen LogP contribution in [-0.2, 0) is 5.75 Å². The number of pyridine rings is 1. The number of thioether (sulfide) groups is 1. The molecule has 0 unspecified atom stereocenters. The van der Waals surface area contributed by atoms with Gasteiger partial charge in [-0.2, -0.15) is 0 Å². The second kappa shape index (κ2) is 5.91. The van der Waals surface area contributed by atoms with E-state index in [1.165, 1.54) is 5.56 Å². The highest BCUT2D eigenvalue weighted by Crippen LogP contribution is 2.24. The van der Waals surface area contributed by atoms with E-state index in [1.54, 1.807) is 18.0 Å². The van der Waals surface area contributed by atoms with Gasteiger partial charge in [0, 0.05) is 21.9 Å². The predicted octanol–water partition coefficient (Wildman–Crippen LogP) is 3.31. The standard InChI is InChI=1S/C12H12ClN3S/c13-10-3-1-9(2-4-10)8-17-11-5-6-15-12(7-11)16-14/h1-7H,8,14H2,(H,15,16). The largest absolute Gasteiger partial charge is 0.308 e. The summed E-state index contributed by atoms with van der Waals surface area (Å²) in [5.41, 5.74) is 3.77. The van der Waals surface area contributed by atoms with E-state index in [9.17, 15) is 0 Å². The van der Waals surface area contributed by atoms with Gasteiger partial charge in [-0.3, -0.25) is 0 Å². The number of nitrogen functional groups attached to an aromatic ring is 1. The van der Waals surface area contributed by atoms with Crippen molar-refractivity contribution in [2.45, 2.75) is 10.6 Å². The normalized spacial score (nSPS) is 10.2. The van der Waals surface area contributed by atoms with Crippen molar-refractivity contribution in [3.63, 3.8) is 0 Å². The Kier molecular flexibility index (Phi) is 4.25. The Morgan fingerprint density at radius 2 is 2.00 bits per heavy atom. The van der Waals surface area contributed by atoms with Crippen molar-refractivity contribution in [2.24, 2.45) is 5.84 Å². The Bertz CT molecular complexity index is 487. The van der Waals surface area contributed by atoms with Crippen molar-refractivity contribution in [2.75, 3.05) is 5.43 Å². The summed E-state index contributed by atoms with van der Waals surface area (Å²) in [5, 5.41) is 0.761. The molecule has 88 valence electrons. The molecule has 0 fully saturated rings. The number of nitrogens with one attached hydrogen (secondary N) is 1. The molecule has 3 N–H and O–H groups in total. The molecule has 1 aromatic heterocycles. The summed E-state index contributed by atoms with van der Waals surface area (Å²) in [4.78, 5) is 5.19. The number of aromatic nitrogens is 1. The van der Waals surface area contributed by atoms with Gasteiger partial charge in [-0.25, -0.2) is 10.8 Å². The second-order valence-corrected chi connectivity index (χ2v) is 4.92. The van der Waals surface area contributed by atoms with Crippen LogP contribution in [0.4, 0.5) is 5.82 Å². The molecular formula is C12H12ClN3S. The fourth-order valence-electron chi connectivity index (χ4n) is 1.33. The molecular weight excluding hydrogens is 254 g/mol. The molecule has 0 saturated carbocycles. The Balaban J connectivity index is 1.99. The monoisotopic (exact) mass is 265 g/mol. The first-order valence-corrected chi connectivity index (χ1v) is 6.44. The predicted molar refractivity (Wildman–Crippen MR) is 73.1 cm³/mol. The maximum absolute atomic E-state index is 5.83. The number of benzene rings is 1. The van der Waals surface area contributed by atoms with Gasteiger partial charge in [0.1, 0.15) is 5.82 Å². The number of hydrogen-bond acceptors (Lipinski definition) is 4. The number of hydrogen-bond donors (Lipinski definition) is 2. The molecule has 2 rings (SSSR count). The van der Waals surface area contributed by atoms with Gasteiger partial charge in [0.15, 0.2) is 0 Å². The molecule has 2 aromatic rings. The number of halogens is 1. The summed E-state index contributed by atoms with van der Waals surface area (Å²) in [6, 6.07) is 11.7. The maximum Gasteiger partial charge on any atom is 0.140 e. The van der Waals surface area contributed by atoms with E-state index < -0.39 is 0 Å². The van der Waals surface area contributed by atoms with E-state index in [0.717, 1.165) is 15.7 Å². The van der Waals surface area contributed by atoms with E-state index in [4.69, 9.17) is 17.4 Å². The minimum Gasteiger partial charge on any atom is -0.308 e. The number of hydrazine groups is 1. The number of rotatable bonds is 4. The van der Waals surface area contributed by atoms with Gasteiger partial charge in [-0.1, -0.05) is 23.7 Å². The van der Waals surface area contributed by atoms with Gasteiger partial charge in [0.2, 0.25) is 0 Å². The van der Waals surface area contributed by atoms with Gasteiger partial charge in [0.05, 0.1) is 0 Å². The summed E-state index contributed by atoms with van der Waals surface area (Å²) >= 11 is 7.56. The Labute approximate surface area is 109 Å². The quantitative estimate of drug-likeness (QED) is 0.506. The van der Waals surface area contributed by atoms with Crippen LogP contribution >= 0.6 is 23.4 Å². The molecule has 0 aliphatic carbocycles. The van der Waals surface area contributed by atoms with Crippen LogP contribution in [0.2, 0.25) is 5.02 Å². The van der Waals surface area contributed by atoms with Crippen LogP contribution in [-0.4, -0.2) is 4.98 Å². The molecule has 0 saturated heterocycles. The number of nitrogens with zero attached hydrogens (tertiary/aromatic N) is 1. The lowest BCUT2D eigenvalue weighted by molar-refractivity contribution is 1.19. The molecule has 17 heavy (non-hydrogen) atoms. The Morgan fingerprint density at radius 1 is 1.24 bits per heavy atom. The van der Waals surface area contributed by atoms with E-state index in [0.29, 0.717) is 5.82 Å². The smallest absolute Gasteiger partial charge is 0.140 e. The maximum atomic E-state index is 5.83. The molecule has 0 aliphatic heterocycles. The Morgan fingerprint density at radius 3 is 2.71 bits per heavy atom. The van der Waals surface area contributed by atoms with Gasteiger partial charge < -0.3 is 5.43 Å². The molecule has 0 bridgehead atoms. The molecule has 0 aliphatic rings. The number of anilines is 1. The van der Waals surface area contributed by atoms with Gasteiger partial charge >= 0.3 is 0 Å². The number of nitrogens with two attached hydrogens (primary N) is 1. The zero-order valence-corrected chi connectivity index (χ0v) is 10.6. The van der Waals surface area contributed by atoms with E-state index >= 15 is 0 Å². The van der Waals surface area contributed by atoms with Crippen molar-refractivity contribution in [1.29, 1.82) is 0 Å². The fraction of sp³-hybridized carbons (Fsp3) is 0.0833. The average molecular weight is 266 g/mol. The molecule has 0 amide bonds. The summed E-state index contributed by atoms with van der Waals surface area (Å²) < 4.78 is 0. The van der Waals surface area contributed by atoms with Gasteiger partial charge in [-0.05, 0) is 29.8 Å². The first-order chi connectivity index (χ1) is 8.28. The third-order valence-corrected chi connectivity index (χ3v) is 3.51. The van der Waals surface area contributed by atoms with E-state index in [2.05, 4.69) is 10.4 Å². The second-order valence-electron chi connectivity index (χ2n) is 3.44. The highest BCUT2D eigenvalue weighted by Gasteiger charge is 1.98. The van der Waals surface area contributed by atoms with Crippen LogP contribution in [0.1, 0.15) is 5.56 Å².